The van der Waals surface area contributed by atoms with Crippen molar-refractivity contribution >= 4 is 0 Å². The van der Waals surface area contributed by atoms with Crippen LogP contribution in [0.25, 0.3) is 0 Å². The summed E-state index contributed by atoms with van der Waals surface area (Å²) in [5, 5.41) is 0. The summed E-state index contributed by atoms with van der Waals surface area (Å²) >= 11 is 0. The predicted octanol–water partition coefficient (Wildman–Crippen LogP) is 2.73. The van der Waals surface area contributed by atoms with Gasteiger partial charge in [-0.05, 0) is 13.8 Å². The van der Waals surface area contributed by atoms with Crippen LogP contribution < -0.4 is 0 Å². The maximum atomic E-state index is 11.5. The van der Waals surface area contributed by atoms with Crippen molar-refractivity contribution in [2.75, 3.05) is 0 Å². The summed E-state index contributed by atoms with van der Waals surface area (Å²) in [5.74, 6) is 0. The summed E-state index contributed by atoms with van der Waals surface area (Å²) in [6.45, 7) is 6.23. The van der Waals surface area contributed by atoms with Gasteiger partial charge in [-0.3, -0.25) is 0 Å². The molecule has 0 heterocycles. The van der Waals surface area contributed by atoms with Gasteiger partial charge in [-0.1, -0.05) is 12.2 Å². The van der Waals surface area contributed by atoms with Gasteiger partial charge in [-0.15, -0.1) is 0 Å². The van der Waals surface area contributed by atoms with Gasteiger partial charge in [-0.2, -0.15) is 8.78 Å². The van der Waals surface area contributed by atoms with E-state index in [2.05, 4.69) is 6.58 Å². The van der Waals surface area contributed by atoms with Crippen LogP contribution in [0.2, 0.25) is 0 Å². The Bertz CT molecular complexity index is 129. The van der Waals surface area contributed by atoms with E-state index in [1.807, 2.05) is 0 Å². The minimum Gasteiger partial charge on any atom is -0.173 e. The smallest absolute Gasteiger partial charge is 0.173 e. The van der Waals surface area contributed by atoms with E-state index in [1.165, 1.54) is 6.92 Å². The van der Waals surface area contributed by atoms with Crippen molar-refractivity contribution in [2.24, 2.45) is 0 Å². The fraction of sp³-hybridized carbons (Fsp3) is 0.333. The molecule has 0 radical (unpaired) electrons. The maximum Gasteiger partial charge on any atom is 0.273 e. The fourth-order valence-corrected chi connectivity index (χ4v) is 0.161. The molecule has 0 aromatic rings. The first-order chi connectivity index (χ1) is 3.55. The zero-order chi connectivity index (χ0) is 6.73. The second kappa shape index (κ2) is 2.60. The molecule has 0 saturated carbocycles. The Morgan fingerprint density at radius 2 is 1.62 bits per heavy atom. The molecule has 0 aliphatic rings. The van der Waals surface area contributed by atoms with Gasteiger partial charge in [0.25, 0.3) is 6.08 Å². The van der Waals surface area contributed by atoms with Crippen molar-refractivity contribution < 1.29 is 8.78 Å². The maximum absolute atomic E-state index is 11.5. The van der Waals surface area contributed by atoms with Gasteiger partial charge in [0.15, 0.2) is 0 Å². The second-order valence-electron chi connectivity index (χ2n) is 1.67. The van der Waals surface area contributed by atoms with Gasteiger partial charge >= 0.3 is 0 Å². The third-order valence-electron chi connectivity index (χ3n) is 0.924. The molecule has 0 aromatic heterocycles. The highest BCUT2D eigenvalue weighted by Gasteiger charge is 1.97. The summed E-state index contributed by atoms with van der Waals surface area (Å²) in [4.78, 5) is 0. The molecule has 0 fully saturated rings. The first kappa shape index (κ1) is 7.34. The van der Waals surface area contributed by atoms with Crippen molar-refractivity contribution in [2.45, 2.75) is 13.8 Å². The molecular formula is C6H8F2. The van der Waals surface area contributed by atoms with Crippen LogP contribution in [0.4, 0.5) is 8.78 Å². The van der Waals surface area contributed by atoms with Crippen molar-refractivity contribution in [1.82, 2.24) is 0 Å². The molecule has 46 valence electrons. The standard InChI is InChI=1S/C6H8F2/c1-4(2)5(3)6(7)8/h1H2,2-3H3. The summed E-state index contributed by atoms with van der Waals surface area (Å²) in [7, 11) is 0. The molecule has 0 rings (SSSR count). The Hall–Kier alpha value is -0.660. The summed E-state index contributed by atoms with van der Waals surface area (Å²) < 4.78 is 23.0. The molecule has 0 aliphatic carbocycles. The quantitative estimate of drug-likeness (QED) is 0.464. The van der Waals surface area contributed by atoms with E-state index in [4.69, 9.17) is 0 Å². The van der Waals surface area contributed by atoms with Crippen molar-refractivity contribution in [3.63, 3.8) is 0 Å². The summed E-state index contributed by atoms with van der Waals surface area (Å²) in [5.41, 5.74) is 0.412. The van der Waals surface area contributed by atoms with Crippen LogP contribution >= 0.6 is 0 Å². The SMILES string of the molecule is C=C(C)C(C)=C(F)F. The van der Waals surface area contributed by atoms with Crippen molar-refractivity contribution in [1.29, 1.82) is 0 Å². The number of allylic oxidation sites excluding steroid dienone is 2. The average Bonchev–Trinajstić information content (AvgIpc) is 1.64. The zero-order valence-corrected chi connectivity index (χ0v) is 4.96. The average molecular weight is 118 g/mol. The number of rotatable bonds is 1. The molecule has 2 heteroatoms. The molecular weight excluding hydrogens is 110 g/mol. The first-order valence-corrected chi connectivity index (χ1v) is 2.23. The van der Waals surface area contributed by atoms with E-state index in [-0.39, 0.29) is 5.57 Å². The third-order valence-corrected chi connectivity index (χ3v) is 0.924. The summed E-state index contributed by atoms with van der Waals surface area (Å²) in [6.07, 6.45) is -1.64. The topological polar surface area (TPSA) is 0 Å². The molecule has 0 N–H and O–H groups in total. The molecule has 0 aliphatic heterocycles. The van der Waals surface area contributed by atoms with Crippen LogP contribution in [0.3, 0.4) is 0 Å². The monoisotopic (exact) mass is 118 g/mol. The van der Waals surface area contributed by atoms with Gasteiger partial charge in [0.2, 0.25) is 0 Å². The Balaban J connectivity index is 4.23. The van der Waals surface area contributed by atoms with Gasteiger partial charge in [0, 0.05) is 5.57 Å². The van der Waals surface area contributed by atoms with Crippen LogP contribution in [0.15, 0.2) is 23.8 Å². The van der Waals surface area contributed by atoms with E-state index in [0.717, 1.165) is 0 Å². The van der Waals surface area contributed by atoms with Crippen LogP contribution in [0.1, 0.15) is 13.8 Å². The molecule has 0 spiro atoms. The zero-order valence-electron chi connectivity index (χ0n) is 4.96. The Morgan fingerprint density at radius 3 is 1.62 bits per heavy atom. The molecule has 0 amide bonds. The third kappa shape index (κ3) is 1.87. The molecule has 0 aromatic carbocycles. The lowest BCUT2D eigenvalue weighted by molar-refractivity contribution is 0.413. The second-order valence-corrected chi connectivity index (χ2v) is 1.67. The molecule has 0 atom stereocenters. The van der Waals surface area contributed by atoms with Crippen LogP contribution in [-0.4, -0.2) is 0 Å². The van der Waals surface area contributed by atoms with Crippen molar-refractivity contribution in [3.05, 3.63) is 23.8 Å². The van der Waals surface area contributed by atoms with Crippen LogP contribution in [-0.2, 0) is 0 Å². The molecule has 0 bridgehead atoms. The summed E-state index contributed by atoms with van der Waals surface area (Å²) in [6, 6.07) is 0. The van der Waals surface area contributed by atoms with E-state index in [9.17, 15) is 8.78 Å². The Kier molecular flexibility index (Phi) is 2.38. The fourth-order valence-electron chi connectivity index (χ4n) is 0.161. The highest BCUT2D eigenvalue weighted by atomic mass is 19.3. The lowest BCUT2D eigenvalue weighted by Crippen LogP contribution is -1.76. The lowest BCUT2D eigenvalue weighted by atomic mass is 10.2. The lowest BCUT2D eigenvalue weighted by Gasteiger charge is -1.92. The van der Waals surface area contributed by atoms with Crippen LogP contribution in [0, 0.1) is 0 Å². The highest BCUT2D eigenvalue weighted by Crippen LogP contribution is 2.13. The minimum atomic E-state index is -1.64. The van der Waals surface area contributed by atoms with Gasteiger partial charge < -0.3 is 0 Å². The Labute approximate surface area is 47.5 Å². The van der Waals surface area contributed by atoms with E-state index in [1.54, 1.807) is 6.92 Å². The molecule has 0 unspecified atom stereocenters. The highest BCUT2D eigenvalue weighted by molar-refractivity contribution is 5.23. The molecule has 0 saturated heterocycles. The van der Waals surface area contributed by atoms with Gasteiger partial charge in [-0.25, -0.2) is 0 Å². The van der Waals surface area contributed by atoms with E-state index >= 15 is 0 Å². The van der Waals surface area contributed by atoms with Gasteiger partial charge in [0.05, 0.1) is 0 Å². The first-order valence-electron chi connectivity index (χ1n) is 2.23. The van der Waals surface area contributed by atoms with Gasteiger partial charge in [0.1, 0.15) is 0 Å². The van der Waals surface area contributed by atoms with E-state index < -0.39 is 6.08 Å². The molecule has 0 nitrogen and oxygen atoms in total. The van der Waals surface area contributed by atoms with Crippen molar-refractivity contribution in [3.8, 4) is 0 Å². The number of hydrogen-bond acceptors (Lipinski definition) is 0. The Morgan fingerprint density at radius 1 is 1.25 bits per heavy atom. The minimum absolute atomic E-state index is 0.00926. The van der Waals surface area contributed by atoms with E-state index in [0.29, 0.717) is 5.57 Å². The largest absolute Gasteiger partial charge is 0.273 e. The predicted molar refractivity (Wildman–Crippen MR) is 29.7 cm³/mol. The number of hydrogen-bond donors (Lipinski definition) is 0. The normalized spacial score (nSPS) is 8.50. The number of halogens is 2. The van der Waals surface area contributed by atoms with Crippen LogP contribution in [0.5, 0.6) is 0 Å². The molecule has 8 heavy (non-hydrogen) atoms.